The third-order valence-corrected chi connectivity index (χ3v) is 6.96. The van der Waals surface area contributed by atoms with E-state index in [2.05, 4.69) is 24.8 Å². The van der Waals surface area contributed by atoms with E-state index in [1.807, 2.05) is 0 Å². The summed E-state index contributed by atoms with van der Waals surface area (Å²) in [5, 5.41) is 11.9. The molecule has 0 atom stereocenters. The first-order valence-corrected chi connectivity index (χ1v) is 11.3. The van der Waals surface area contributed by atoms with Crippen LogP contribution >= 0.6 is 11.8 Å². The number of nitrogens with one attached hydrogen (secondary N) is 2. The molecule has 1 amide bonds. The molecule has 27 heavy (non-hydrogen) atoms. The number of thioether (sulfide) groups is 1. The van der Waals surface area contributed by atoms with Crippen LogP contribution in [0, 0.1) is 6.92 Å². The van der Waals surface area contributed by atoms with Crippen molar-refractivity contribution in [2.45, 2.75) is 49.2 Å². The third-order valence-electron chi connectivity index (χ3n) is 4.44. The first-order chi connectivity index (χ1) is 12.9. The number of benzene rings is 1. The Labute approximate surface area is 163 Å². The minimum Gasteiger partial charge on any atom is -0.325 e. The lowest BCUT2D eigenvalue weighted by atomic mass is 10.2. The number of anilines is 1. The molecular weight excluding hydrogens is 386 g/mol. The maximum Gasteiger partial charge on any atom is 0.240 e. The zero-order valence-electron chi connectivity index (χ0n) is 15.4. The number of carbonyl (C=O) groups excluding carboxylic acids is 1. The summed E-state index contributed by atoms with van der Waals surface area (Å²) in [4.78, 5) is 12.5. The van der Waals surface area contributed by atoms with Gasteiger partial charge in [0.1, 0.15) is 5.82 Å². The summed E-state index contributed by atoms with van der Waals surface area (Å²) >= 11 is 1.34. The van der Waals surface area contributed by atoms with Gasteiger partial charge in [0.15, 0.2) is 5.16 Å². The van der Waals surface area contributed by atoms with Crippen molar-refractivity contribution in [2.24, 2.45) is 0 Å². The van der Waals surface area contributed by atoms with Crippen molar-refractivity contribution in [3.63, 3.8) is 0 Å². The molecule has 1 aromatic carbocycles. The Morgan fingerprint density at radius 2 is 2.07 bits per heavy atom. The zero-order valence-corrected chi connectivity index (χ0v) is 17.0. The largest absolute Gasteiger partial charge is 0.325 e. The second-order valence-corrected chi connectivity index (χ2v) is 9.18. The molecule has 10 heteroatoms. The van der Waals surface area contributed by atoms with Gasteiger partial charge in [0.2, 0.25) is 15.9 Å². The second-order valence-electron chi connectivity index (χ2n) is 6.39. The standard InChI is InChI=1S/C17H23N5O3S2/c1-12-7-8-13(10-14(12)27(24,25)18-2)19-16(23)11-26-17-21-20-15-6-4-3-5-9-22(15)17/h7-8,10,18H,3-6,9,11H2,1-2H3,(H,19,23). The monoisotopic (exact) mass is 409 g/mol. The molecule has 0 unspecified atom stereocenters. The molecule has 3 rings (SSSR count). The van der Waals surface area contributed by atoms with E-state index in [9.17, 15) is 13.2 Å². The number of sulfonamides is 1. The van der Waals surface area contributed by atoms with Crippen LogP contribution in [0.1, 0.15) is 30.7 Å². The van der Waals surface area contributed by atoms with Crippen LogP contribution in [-0.2, 0) is 27.8 Å². The number of nitrogens with zero attached hydrogens (tertiary/aromatic N) is 3. The van der Waals surface area contributed by atoms with E-state index in [0.29, 0.717) is 11.3 Å². The molecule has 0 bridgehead atoms. The van der Waals surface area contributed by atoms with Crippen molar-refractivity contribution in [2.75, 3.05) is 18.1 Å². The first kappa shape index (κ1) is 19.8. The van der Waals surface area contributed by atoms with Gasteiger partial charge in [0.05, 0.1) is 10.6 Å². The van der Waals surface area contributed by atoms with Crippen LogP contribution in [0.15, 0.2) is 28.3 Å². The first-order valence-electron chi connectivity index (χ1n) is 8.79. The predicted octanol–water partition coefficient (Wildman–Crippen LogP) is 1.95. The molecule has 1 aromatic heterocycles. The van der Waals surface area contributed by atoms with Crippen molar-refractivity contribution in [3.05, 3.63) is 29.6 Å². The highest BCUT2D eigenvalue weighted by Gasteiger charge is 2.18. The van der Waals surface area contributed by atoms with Gasteiger partial charge in [0, 0.05) is 18.7 Å². The van der Waals surface area contributed by atoms with E-state index in [1.165, 1.54) is 31.3 Å². The molecule has 0 radical (unpaired) electrons. The predicted molar refractivity (Wildman–Crippen MR) is 104 cm³/mol. The van der Waals surface area contributed by atoms with Gasteiger partial charge >= 0.3 is 0 Å². The van der Waals surface area contributed by atoms with Crippen LogP contribution in [0.25, 0.3) is 0 Å². The number of carbonyl (C=O) groups is 1. The van der Waals surface area contributed by atoms with Crippen LogP contribution in [0.2, 0.25) is 0 Å². The summed E-state index contributed by atoms with van der Waals surface area (Å²) in [5.41, 5.74) is 1.06. The highest BCUT2D eigenvalue weighted by molar-refractivity contribution is 7.99. The van der Waals surface area contributed by atoms with E-state index in [4.69, 9.17) is 0 Å². The van der Waals surface area contributed by atoms with E-state index in [1.54, 1.807) is 19.1 Å². The maximum absolute atomic E-state index is 12.3. The normalized spacial score (nSPS) is 14.4. The second kappa shape index (κ2) is 8.41. The van der Waals surface area contributed by atoms with Crippen molar-refractivity contribution in [1.82, 2.24) is 19.5 Å². The van der Waals surface area contributed by atoms with Gasteiger partial charge in [-0.25, -0.2) is 13.1 Å². The fourth-order valence-electron chi connectivity index (χ4n) is 2.97. The minimum absolute atomic E-state index is 0.151. The Kier molecular flexibility index (Phi) is 6.18. The number of hydrogen-bond acceptors (Lipinski definition) is 6. The van der Waals surface area contributed by atoms with Gasteiger partial charge in [0.25, 0.3) is 0 Å². The fourth-order valence-corrected chi connectivity index (χ4v) is 4.75. The summed E-state index contributed by atoms with van der Waals surface area (Å²) < 4.78 is 28.5. The number of hydrogen-bond donors (Lipinski definition) is 2. The van der Waals surface area contributed by atoms with Crippen molar-refractivity contribution < 1.29 is 13.2 Å². The third kappa shape index (κ3) is 4.69. The van der Waals surface area contributed by atoms with E-state index in [-0.39, 0.29) is 16.6 Å². The van der Waals surface area contributed by atoms with Gasteiger partial charge in [-0.15, -0.1) is 10.2 Å². The average Bonchev–Trinajstić information content (AvgIpc) is 2.87. The zero-order chi connectivity index (χ0) is 19.4. The molecule has 8 nitrogen and oxygen atoms in total. The molecule has 0 saturated heterocycles. The molecule has 2 heterocycles. The molecule has 0 fully saturated rings. The summed E-state index contributed by atoms with van der Waals surface area (Å²) in [6, 6.07) is 4.83. The van der Waals surface area contributed by atoms with Crippen LogP contribution < -0.4 is 10.0 Å². The Bertz CT molecular complexity index is 940. The summed E-state index contributed by atoms with van der Waals surface area (Å²) in [6.45, 7) is 2.60. The van der Waals surface area contributed by atoms with Crippen molar-refractivity contribution in [3.8, 4) is 0 Å². The summed E-state index contributed by atoms with van der Waals surface area (Å²) in [7, 11) is -2.22. The van der Waals surface area contributed by atoms with E-state index >= 15 is 0 Å². The van der Waals surface area contributed by atoms with Gasteiger partial charge in [-0.1, -0.05) is 24.2 Å². The number of aromatic nitrogens is 3. The van der Waals surface area contributed by atoms with Crippen LogP contribution in [0.4, 0.5) is 5.69 Å². The maximum atomic E-state index is 12.3. The van der Waals surface area contributed by atoms with Crippen molar-refractivity contribution in [1.29, 1.82) is 0 Å². The molecule has 1 aliphatic heterocycles. The molecule has 2 N–H and O–H groups in total. The number of fused-ring (bicyclic) bond motifs is 1. The molecule has 0 aliphatic carbocycles. The average molecular weight is 410 g/mol. The van der Waals surface area contributed by atoms with E-state index in [0.717, 1.165) is 36.8 Å². The minimum atomic E-state index is -3.58. The van der Waals surface area contributed by atoms with Crippen LogP contribution in [0.5, 0.6) is 0 Å². The lowest BCUT2D eigenvalue weighted by molar-refractivity contribution is -0.113. The summed E-state index contributed by atoms with van der Waals surface area (Å²) in [5.74, 6) is 0.943. The van der Waals surface area contributed by atoms with Gasteiger partial charge in [-0.05, 0) is 44.5 Å². The van der Waals surface area contributed by atoms with E-state index < -0.39 is 10.0 Å². The highest BCUT2D eigenvalue weighted by Crippen LogP contribution is 2.23. The topological polar surface area (TPSA) is 106 Å². The summed E-state index contributed by atoms with van der Waals surface area (Å²) in [6.07, 6.45) is 4.32. The van der Waals surface area contributed by atoms with Gasteiger partial charge in [-0.2, -0.15) is 0 Å². The van der Waals surface area contributed by atoms with Crippen molar-refractivity contribution >= 4 is 33.4 Å². The number of rotatable bonds is 6. The Balaban J connectivity index is 1.65. The van der Waals surface area contributed by atoms with Crippen LogP contribution in [-0.4, -0.2) is 41.9 Å². The highest BCUT2D eigenvalue weighted by atomic mass is 32.2. The molecule has 0 spiro atoms. The Morgan fingerprint density at radius 1 is 1.26 bits per heavy atom. The molecular formula is C17H23N5O3S2. The smallest absolute Gasteiger partial charge is 0.240 e. The molecule has 2 aromatic rings. The quantitative estimate of drug-likeness (QED) is 0.707. The van der Waals surface area contributed by atoms with Gasteiger partial charge < -0.3 is 9.88 Å². The molecule has 146 valence electrons. The number of aryl methyl sites for hydroxylation is 2. The lowest BCUT2D eigenvalue weighted by Crippen LogP contribution is -2.20. The lowest BCUT2D eigenvalue weighted by Gasteiger charge is -2.10. The Hall–Kier alpha value is -1.91. The Morgan fingerprint density at radius 3 is 2.85 bits per heavy atom. The number of amides is 1. The molecule has 0 saturated carbocycles. The fraction of sp³-hybridized carbons (Fsp3) is 0.471. The van der Waals surface area contributed by atoms with Gasteiger partial charge in [-0.3, -0.25) is 4.79 Å². The van der Waals surface area contributed by atoms with Crippen LogP contribution in [0.3, 0.4) is 0 Å². The molecule has 1 aliphatic rings. The SMILES string of the molecule is CNS(=O)(=O)c1cc(NC(=O)CSc2nnc3n2CCCCC3)ccc1C.